The molecule has 3 heteroatoms. The number of phenolic OH excluding ortho intramolecular Hbond substituents is 1. The Morgan fingerprint density at radius 2 is 2.00 bits per heavy atom. The Labute approximate surface area is 168 Å². The maximum atomic E-state index is 10.1. The Morgan fingerprint density at radius 1 is 1.21 bits per heavy atom. The molecule has 0 spiro atoms. The number of fused-ring (bicyclic) bond motifs is 1. The van der Waals surface area contributed by atoms with Crippen molar-refractivity contribution in [3.8, 4) is 5.75 Å². The van der Waals surface area contributed by atoms with Gasteiger partial charge in [-0.15, -0.1) is 0 Å². The van der Waals surface area contributed by atoms with Gasteiger partial charge in [0.2, 0.25) is 0 Å². The fourth-order valence-corrected chi connectivity index (χ4v) is 3.90. The molecule has 1 N–H and O–H groups in total. The molecule has 0 radical (unpaired) electrons. The molecule has 3 nitrogen and oxygen atoms in total. The summed E-state index contributed by atoms with van der Waals surface area (Å²) in [7, 11) is 1.70. The maximum absolute atomic E-state index is 10.1. The maximum Gasteiger partial charge on any atom is 0.123 e. The standard InChI is InChI=1S/C25H30O3/c1-4-7-19(10-13-25-21(14-15-28-25)18(2)17-27-3)16-20-11-12-24(26)23-9-6-5-8-22(20)23/h5-6,8-9,11-12,14,16,25-26H,2,4,7,10,13,15,17H2,1,3H3/b19-16+. The highest BCUT2D eigenvalue weighted by atomic mass is 16.5. The summed E-state index contributed by atoms with van der Waals surface area (Å²) in [6, 6.07) is 11.8. The first kappa shape index (κ1) is 20.4. The van der Waals surface area contributed by atoms with Crippen LogP contribution in [-0.2, 0) is 9.47 Å². The fourth-order valence-electron chi connectivity index (χ4n) is 3.90. The molecule has 2 aromatic rings. The second-order valence-electron chi connectivity index (χ2n) is 7.33. The van der Waals surface area contributed by atoms with Gasteiger partial charge in [-0.2, -0.15) is 0 Å². The Bertz CT molecular complexity index is 892. The summed E-state index contributed by atoms with van der Waals surface area (Å²) < 4.78 is 11.2. The van der Waals surface area contributed by atoms with E-state index in [1.54, 1.807) is 13.2 Å². The van der Waals surface area contributed by atoms with Gasteiger partial charge in [-0.3, -0.25) is 0 Å². The topological polar surface area (TPSA) is 38.7 Å². The highest BCUT2D eigenvalue weighted by Gasteiger charge is 2.22. The summed E-state index contributed by atoms with van der Waals surface area (Å²) in [6.45, 7) is 7.54. The first-order valence-electron chi connectivity index (χ1n) is 10.0. The van der Waals surface area contributed by atoms with E-state index in [2.05, 4.69) is 31.7 Å². The number of phenols is 1. The van der Waals surface area contributed by atoms with Crippen LogP contribution < -0.4 is 0 Å². The van der Waals surface area contributed by atoms with Gasteiger partial charge in [-0.1, -0.05) is 68.0 Å². The molecule has 0 amide bonds. The zero-order valence-corrected chi connectivity index (χ0v) is 16.9. The molecule has 1 atom stereocenters. The van der Waals surface area contributed by atoms with Gasteiger partial charge in [0.05, 0.1) is 19.3 Å². The molecular formula is C25H30O3. The number of hydrogen-bond donors (Lipinski definition) is 1. The molecule has 0 fully saturated rings. The summed E-state index contributed by atoms with van der Waals surface area (Å²) in [4.78, 5) is 0. The van der Waals surface area contributed by atoms with Crippen molar-refractivity contribution in [3.63, 3.8) is 0 Å². The van der Waals surface area contributed by atoms with Crippen LogP contribution in [0.3, 0.4) is 0 Å². The van der Waals surface area contributed by atoms with Crippen molar-refractivity contribution in [2.24, 2.45) is 0 Å². The van der Waals surface area contributed by atoms with Crippen LogP contribution in [-0.4, -0.2) is 31.5 Å². The fraction of sp³-hybridized carbons (Fsp3) is 0.360. The third kappa shape index (κ3) is 4.73. The molecule has 148 valence electrons. The molecular weight excluding hydrogens is 348 g/mol. The quantitative estimate of drug-likeness (QED) is 0.578. The third-order valence-corrected chi connectivity index (χ3v) is 5.27. The molecule has 1 aliphatic rings. The Balaban J connectivity index is 1.78. The number of rotatable bonds is 9. The predicted molar refractivity (Wildman–Crippen MR) is 117 cm³/mol. The Hall–Kier alpha value is -2.36. The lowest BCUT2D eigenvalue weighted by molar-refractivity contribution is 0.115. The average molecular weight is 379 g/mol. The second-order valence-corrected chi connectivity index (χ2v) is 7.33. The molecule has 3 rings (SSSR count). The van der Waals surface area contributed by atoms with E-state index in [1.807, 2.05) is 24.3 Å². The van der Waals surface area contributed by atoms with Crippen LogP contribution in [0.1, 0.15) is 38.2 Å². The van der Waals surface area contributed by atoms with Gasteiger partial charge < -0.3 is 14.6 Å². The first-order chi connectivity index (χ1) is 13.6. The first-order valence-corrected chi connectivity index (χ1v) is 10.0. The molecule has 2 aromatic carbocycles. The van der Waals surface area contributed by atoms with Crippen molar-refractivity contribution in [2.45, 2.75) is 38.7 Å². The molecule has 0 bridgehead atoms. The van der Waals surface area contributed by atoms with Crippen LogP contribution >= 0.6 is 0 Å². The van der Waals surface area contributed by atoms with E-state index >= 15 is 0 Å². The molecule has 0 aromatic heterocycles. The molecule has 0 aliphatic carbocycles. The number of aromatic hydroxyl groups is 1. The minimum Gasteiger partial charge on any atom is -0.507 e. The number of benzene rings is 2. The minimum atomic E-state index is 0.0967. The average Bonchev–Trinajstić information content (AvgIpc) is 3.17. The van der Waals surface area contributed by atoms with E-state index in [0.717, 1.165) is 47.6 Å². The lowest BCUT2D eigenvalue weighted by Crippen LogP contribution is -2.13. The molecule has 28 heavy (non-hydrogen) atoms. The van der Waals surface area contributed by atoms with E-state index in [9.17, 15) is 5.11 Å². The summed E-state index contributed by atoms with van der Waals surface area (Å²) in [5.41, 5.74) is 4.76. The van der Waals surface area contributed by atoms with Crippen molar-refractivity contribution >= 4 is 16.8 Å². The minimum absolute atomic E-state index is 0.0967. The van der Waals surface area contributed by atoms with Crippen molar-refractivity contribution < 1.29 is 14.6 Å². The molecule has 0 saturated heterocycles. The predicted octanol–water partition coefficient (Wildman–Crippen LogP) is 6.04. The Kier molecular flexibility index (Phi) is 7.07. The molecule has 1 unspecified atom stereocenters. The SMILES string of the molecule is C=C(COC)C1=CCOC1CC/C(=C/c1ccc(O)c2ccccc12)CCC. The van der Waals surface area contributed by atoms with Crippen molar-refractivity contribution in [2.75, 3.05) is 20.3 Å². The molecule has 0 saturated carbocycles. The zero-order valence-electron chi connectivity index (χ0n) is 16.9. The summed E-state index contributed by atoms with van der Waals surface area (Å²) >= 11 is 0. The van der Waals surface area contributed by atoms with Crippen LogP contribution in [0.4, 0.5) is 0 Å². The van der Waals surface area contributed by atoms with E-state index in [-0.39, 0.29) is 6.10 Å². The van der Waals surface area contributed by atoms with Crippen LogP contribution in [0.5, 0.6) is 5.75 Å². The van der Waals surface area contributed by atoms with Crippen molar-refractivity contribution in [1.29, 1.82) is 0 Å². The molecule has 1 heterocycles. The lowest BCUT2D eigenvalue weighted by atomic mass is 9.94. The largest absolute Gasteiger partial charge is 0.507 e. The van der Waals surface area contributed by atoms with Gasteiger partial charge in [0.15, 0.2) is 0 Å². The monoisotopic (exact) mass is 378 g/mol. The molecule has 1 aliphatic heterocycles. The smallest absolute Gasteiger partial charge is 0.123 e. The van der Waals surface area contributed by atoms with Gasteiger partial charge in [0, 0.05) is 12.5 Å². The lowest BCUT2D eigenvalue weighted by Gasteiger charge is -2.17. The van der Waals surface area contributed by atoms with Crippen LogP contribution in [0.25, 0.3) is 16.8 Å². The van der Waals surface area contributed by atoms with Crippen molar-refractivity contribution in [3.05, 3.63) is 71.3 Å². The van der Waals surface area contributed by atoms with Gasteiger partial charge in [0.1, 0.15) is 5.75 Å². The second kappa shape index (κ2) is 9.72. The van der Waals surface area contributed by atoms with Gasteiger partial charge in [0.25, 0.3) is 0 Å². The van der Waals surface area contributed by atoms with Gasteiger partial charge in [-0.05, 0) is 47.4 Å². The zero-order chi connectivity index (χ0) is 19.9. The number of methoxy groups -OCH3 is 1. The summed E-state index contributed by atoms with van der Waals surface area (Å²) in [5, 5.41) is 12.1. The van der Waals surface area contributed by atoms with Gasteiger partial charge >= 0.3 is 0 Å². The van der Waals surface area contributed by atoms with E-state index in [0.29, 0.717) is 19.0 Å². The number of hydrogen-bond acceptors (Lipinski definition) is 3. The highest BCUT2D eigenvalue weighted by Crippen LogP contribution is 2.31. The van der Waals surface area contributed by atoms with Gasteiger partial charge in [-0.25, -0.2) is 0 Å². The number of allylic oxidation sites excluding steroid dienone is 1. The van der Waals surface area contributed by atoms with E-state index in [4.69, 9.17) is 9.47 Å². The van der Waals surface area contributed by atoms with E-state index in [1.165, 1.54) is 11.1 Å². The summed E-state index contributed by atoms with van der Waals surface area (Å²) in [6.07, 6.45) is 8.59. The normalized spacial score (nSPS) is 17.1. The number of ether oxygens (including phenoxy) is 2. The van der Waals surface area contributed by atoms with Crippen molar-refractivity contribution in [1.82, 2.24) is 0 Å². The Morgan fingerprint density at radius 3 is 2.75 bits per heavy atom. The third-order valence-electron chi connectivity index (χ3n) is 5.27. The highest BCUT2D eigenvalue weighted by molar-refractivity contribution is 5.94. The van der Waals surface area contributed by atoms with Crippen LogP contribution in [0.15, 0.2) is 65.8 Å². The van der Waals surface area contributed by atoms with Crippen LogP contribution in [0.2, 0.25) is 0 Å². The summed E-state index contributed by atoms with van der Waals surface area (Å²) in [5.74, 6) is 0.329. The van der Waals surface area contributed by atoms with Crippen LogP contribution in [0, 0.1) is 0 Å². The van der Waals surface area contributed by atoms with E-state index < -0.39 is 0 Å².